The van der Waals surface area contributed by atoms with Crippen molar-refractivity contribution in [1.29, 1.82) is 0 Å². The molecule has 1 aliphatic heterocycles. The SMILES string of the molecule is O=S(=O)([O-])O.OC(CCl)CN1C=CN(CC(O)CCl)C1.[H+]. The van der Waals surface area contributed by atoms with E-state index in [4.69, 9.17) is 40.7 Å². The van der Waals surface area contributed by atoms with Gasteiger partial charge in [0.25, 0.3) is 0 Å². The molecule has 120 valence electrons. The van der Waals surface area contributed by atoms with Crippen molar-refractivity contribution in [1.82, 2.24) is 9.80 Å². The zero-order valence-electron chi connectivity index (χ0n) is 11.5. The fraction of sp³-hybridized carbons (Fsp3) is 0.778. The Bertz CT molecular complexity index is 372. The van der Waals surface area contributed by atoms with Gasteiger partial charge in [-0.05, 0) is 0 Å². The predicted octanol–water partition coefficient (Wildman–Crippen LogP) is -0.651. The van der Waals surface area contributed by atoms with Gasteiger partial charge in [-0.2, -0.15) is 0 Å². The average Bonchev–Trinajstić information content (AvgIpc) is 2.74. The van der Waals surface area contributed by atoms with E-state index < -0.39 is 22.6 Å². The summed E-state index contributed by atoms with van der Waals surface area (Å²) in [5.41, 5.74) is 0. The molecule has 3 N–H and O–H groups in total. The van der Waals surface area contributed by atoms with Crippen LogP contribution in [0.5, 0.6) is 0 Å². The minimum absolute atomic E-state index is 0. The number of β-amino-alcohol motifs (C(OH)–C–C–N with tert-alkyl or cyclic N) is 2. The summed E-state index contributed by atoms with van der Waals surface area (Å²) in [4.78, 5) is 3.88. The smallest absolute Gasteiger partial charge is 0.726 e. The Labute approximate surface area is 129 Å². The molecule has 0 radical (unpaired) electrons. The molecule has 20 heavy (non-hydrogen) atoms. The third-order valence-corrected chi connectivity index (χ3v) is 2.81. The summed E-state index contributed by atoms with van der Waals surface area (Å²) in [5, 5.41) is 18.7. The van der Waals surface area contributed by atoms with Crippen LogP contribution in [0.1, 0.15) is 1.43 Å². The van der Waals surface area contributed by atoms with Crippen LogP contribution >= 0.6 is 23.2 Å². The molecule has 11 heteroatoms. The van der Waals surface area contributed by atoms with Crippen LogP contribution in [0.25, 0.3) is 0 Å². The predicted molar refractivity (Wildman–Crippen MR) is 74.3 cm³/mol. The van der Waals surface area contributed by atoms with E-state index in [-0.39, 0.29) is 13.2 Å². The maximum Gasteiger partial charge on any atom is 1.00 e. The van der Waals surface area contributed by atoms with Crippen molar-refractivity contribution in [3.8, 4) is 0 Å². The van der Waals surface area contributed by atoms with Gasteiger partial charge in [0.1, 0.15) is 0 Å². The van der Waals surface area contributed by atoms with Crippen LogP contribution in [0.3, 0.4) is 0 Å². The Hall–Kier alpha value is -0.290. The highest BCUT2D eigenvalue weighted by atomic mass is 35.5. The van der Waals surface area contributed by atoms with Crippen LogP contribution in [0.4, 0.5) is 0 Å². The molecule has 1 aliphatic rings. The fourth-order valence-corrected chi connectivity index (χ4v) is 1.59. The lowest BCUT2D eigenvalue weighted by Crippen LogP contribution is -2.35. The van der Waals surface area contributed by atoms with Gasteiger partial charge >= 0.3 is 1.43 Å². The first kappa shape index (κ1) is 19.7. The van der Waals surface area contributed by atoms with Gasteiger partial charge in [-0.25, -0.2) is 8.42 Å². The molecule has 1 heterocycles. The van der Waals surface area contributed by atoms with Gasteiger partial charge in [-0.3, -0.25) is 4.55 Å². The summed E-state index contributed by atoms with van der Waals surface area (Å²) in [7, 11) is -4.92. The summed E-state index contributed by atoms with van der Waals surface area (Å²) < 4.78 is 32.8. The lowest BCUT2D eigenvalue weighted by molar-refractivity contribution is 0.116. The number of alkyl halides is 2. The largest absolute Gasteiger partial charge is 1.00 e. The van der Waals surface area contributed by atoms with Gasteiger partial charge < -0.3 is 24.6 Å². The molecular formula is C9H18Cl2N2O6S. The first-order valence-corrected chi connectivity index (χ1v) is 7.92. The molecule has 0 fully saturated rings. The maximum atomic E-state index is 9.34. The Kier molecular flexibility index (Phi) is 9.47. The van der Waals surface area contributed by atoms with Crippen LogP contribution in [-0.2, 0) is 10.4 Å². The Balaban J connectivity index is 0. The van der Waals surface area contributed by atoms with E-state index in [9.17, 15) is 10.2 Å². The highest BCUT2D eigenvalue weighted by Crippen LogP contribution is 2.08. The van der Waals surface area contributed by atoms with Crippen LogP contribution in [-0.4, -0.2) is 81.3 Å². The molecular weight excluding hydrogens is 335 g/mol. The van der Waals surface area contributed by atoms with E-state index in [0.717, 1.165) is 0 Å². The van der Waals surface area contributed by atoms with Gasteiger partial charge in [-0.15, -0.1) is 23.2 Å². The quantitative estimate of drug-likeness (QED) is 0.327. The second kappa shape index (κ2) is 9.61. The van der Waals surface area contributed by atoms with E-state index in [1.807, 2.05) is 22.2 Å². The molecule has 0 saturated carbocycles. The first-order chi connectivity index (χ1) is 9.15. The highest BCUT2D eigenvalue weighted by molar-refractivity contribution is 7.79. The molecule has 0 spiro atoms. The van der Waals surface area contributed by atoms with Crippen LogP contribution < -0.4 is 0 Å². The van der Waals surface area contributed by atoms with Crippen molar-refractivity contribution in [3.05, 3.63) is 12.4 Å². The first-order valence-electron chi connectivity index (χ1n) is 5.48. The van der Waals surface area contributed by atoms with Crippen molar-refractivity contribution < 1.29 is 29.2 Å². The average molecular weight is 353 g/mol. The molecule has 0 aromatic carbocycles. The monoisotopic (exact) mass is 352 g/mol. The highest BCUT2D eigenvalue weighted by Gasteiger charge is 2.17. The van der Waals surface area contributed by atoms with E-state index in [2.05, 4.69) is 0 Å². The summed E-state index contributed by atoms with van der Waals surface area (Å²) in [5.74, 6) is 0.462. The maximum absolute atomic E-state index is 9.34. The second-order valence-electron chi connectivity index (χ2n) is 4.03. The summed E-state index contributed by atoms with van der Waals surface area (Å²) >= 11 is 11.0. The van der Waals surface area contributed by atoms with E-state index in [1.165, 1.54) is 0 Å². The molecule has 0 aromatic rings. The van der Waals surface area contributed by atoms with Gasteiger partial charge in [0, 0.05) is 25.5 Å². The van der Waals surface area contributed by atoms with Crippen LogP contribution in [0.2, 0.25) is 0 Å². The van der Waals surface area contributed by atoms with E-state index in [0.29, 0.717) is 19.8 Å². The number of rotatable bonds is 6. The molecule has 0 aromatic heterocycles. The molecule has 0 bridgehead atoms. The summed E-state index contributed by atoms with van der Waals surface area (Å²) in [6.45, 7) is 1.67. The zero-order chi connectivity index (χ0) is 15.8. The minimum Gasteiger partial charge on any atom is -0.726 e. The van der Waals surface area contributed by atoms with Gasteiger partial charge in [0.2, 0.25) is 10.4 Å². The molecule has 0 aliphatic carbocycles. The van der Waals surface area contributed by atoms with E-state index >= 15 is 0 Å². The number of aliphatic hydroxyl groups is 2. The third-order valence-electron chi connectivity index (χ3n) is 2.10. The summed E-state index contributed by atoms with van der Waals surface area (Å²) in [6.07, 6.45) is 2.71. The number of aliphatic hydroxyl groups excluding tert-OH is 2. The van der Waals surface area contributed by atoms with Crippen LogP contribution in [0.15, 0.2) is 12.4 Å². The van der Waals surface area contributed by atoms with E-state index in [1.54, 1.807) is 0 Å². The van der Waals surface area contributed by atoms with Crippen molar-refractivity contribution in [2.75, 3.05) is 31.5 Å². The Morgan fingerprint density at radius 2 is 1.45 bits per heavy atom. The van der Waals surface area contributed by atoms with Gasteiger partial charge in [-0.1, -0.05) is 0 Å². The number of halogens is 2. The molecule has 2 unspecified atom stereocenters. The topological polar surface area (TPSA) is 124 Å². The third kappa shape index (κ3) is 11.5. The lowest BCUT2D eigenvalue weighted by atomic mass is 10.4. The number of nitrogens with zero attached hydrogens (tertiary/aromatic N) is 2. The van der Waals surface area contributed by atoms with Crippen LogP contribution in [0, 0.1) is 0 Å². The molecule has 0 amide bonds. The summed E-state index contributed by atoms with van der Waals surface area (Å²) in [6, 6.07) is 0. The number of hydrogen-bond donors (Lipinski definition) is 3. The van der Waals surface area contributed by atoms with Crippen molar-refractivity contribution in [2.24, 2.45) is 0 Å². The molecule has 0 saturated heterocycles. The molecule has 2 atom stereocenters. The molecule has 1 rings (SSSR count). The molecule has 8 nitrogen and oxygen atoms in total. The van der Waals surface area contributed by atoms with Crippen molar-refractivity contribution >= 4 is 33.6 Å². The minimum atomic E-state index is -4.92. The lowest BCUT2D eigenvalue weighted by Gasteiger charge is -2.23. The number of hydrogen-bond acceptors (Lipinski definition) is 7. The van der Waals surface area contributed by atoms with Crippen molar-refractivity contribution in [3.63, 3.8) is 0 Å². The Morgan fingerprint density at radius 3 is 1.70 bits per heavy atom. The van der Waals surface area contributed by atoms with Crippen molar-refractivity contribution in [2.45, 2.75) is 12.2 Å². The normalized spacial score (nSPS) is 17.7. The second-order valence-corrected chi connectivity index (χ2v) is 5.50. The Morgan fingerprint density at radius 1 is 1.15 bits per heavy atom. The zero-order valence-corrected chi connectivity index (χ0v) is 12.8. The standard InChI is InChI=1S/C9H16Cl2N2O2.H2O4S/c10-3-8(14)5-12-1-2-13(7-12)6-9(15)4-11;1-5(2,3)4/h1-2,8-9,14-15H,3-7H2;(H2,1,2,3,4). The fourth-order valence-electron chi connectivity index (χ4n) is 1.39. The van der Waals surface area contributed by atoms with Gasteiger partial charge in [0.15, 0.2) is 0 Å². The van der Waals surface area contributed by atoms with Gasteiger partial charge in [0.05, 0.1) is 30.6 Å².